The van der Waals surface area contributed by atoms with Crippen LogP contribution in [0, 0.1) is 0 Å². The zero-order valence-electron chi connectivity index (χ0n) is 17.1. The summed E-state index contributed by atoms with van der Waals surface area (Å²) in [7, 11) is 4.96. The van der Waals surface area contributed by atoms with Crippen molar-refractivity contribution in [3.8, 4) is 22.6 Å². The van der Waals surface area contributed by atoms with E-state index in [2.05, 4.69) is 27.8 Å². The lowest BCUT2D eigenvalue weighted by Gasteiger charge is -2.14. The van der Waals surface area contributed by atoms with E-state index in [1.165, 1.54) is 0 Å². The van der Waals surface area contributed by atoms with E-state index in [0.29, 0.717) is 19.0 Å². The number of ether oxygens (including phenoxy) is 3. The van der Waals surface area contributed by atoms with Gasteiger partial charge in [0.2, 0.25) is 0 Å². The van der Waals surface area contributed by atoms with Crippen molar-refractivity contribution in [3.63, 3.8) is 0 Å². The van der Waals surface area contributed by atoms with E-state index in [4.69, 9.17) is 19.2 Å². The Balaban J connectivity index is 1.76. The van der Waals surface area contributed by atoms with Crippen LogP contribution in [0.3, 0.4) is 0 Å². The molecule has 0 spiro atoms. The summed E-state index contributed by atoms with van der Waals surface area (Å²) in [5.74, 6) is 2.99. The van der Waals surface area contributed by atoms with E-state index in [9.17, 15) is 0 Å². The van der Waals surface area contributed by atoms with Gasteiger partial charge < -0.3 is 19.5 Å². The second-order valence-corrected chi connectivity index (χ2v) is 7.51. The Kier molecular flexibility index (Phi) is 6.11. The van der Waals surface area contributed by atoms with Crippen LogP contribution in [0.15, 0.2) is 53.9 Å². The van der Waals surface area contributed by atoms with Crippen molar-refractivity contribution in [1.82, 2.24) is 9.97 Å². The first-order valence-electron chi connectivity index (χ1n) is 9.50. The number of anilines is 1. The van der Waals surface area contributed by atoms with Crippen LogP contribution in [0.25, 0.3) is 21.3 Å². The normalized spacial score (nSPS) is 10.9. The van der Waals surface area contributed by atoms with E-state index in [0.717, 1.165) is 44.2 Å². The molecule has 0 radical (unpaired) electrons. The molecule has 1 N–H and O–H groups in total. The topological polar surface area (TPSA) is 65.5 Å². The predicted molar refractivity (Wildman–Crippen MR) is 120 cm³/mol. The molecular weight excluding hydrogens is 398 g/mol. The summed E-state index contributed by atoms with van der Waals surface area (Å²) < 4.78 is 16.2. The Hall–Kier alpha value is -3.16. The van der Waals surface area contributed by atoms with Crippen LogP contribution in [0.5, 0.6) is 11.5 Å². The number of nitrogens with zero attached hydrogens (tertiary/aromatic N) is 2. The smallest absolute Gasteiger partial charge is 0.158 e. The lowest BCUT2D eigenvalue weighted by atomic mass is 10.1. The number of thiophene rings is 1. The zero-order valence-corrected chi connectivity index (χ0v) is 18.0. The van der Waals surface area contributed by atoms with E-state index in [-0.39, 0.29) is 0 Å². The number of nitrogens with one attached hydrogen (secondary N) is 1. The molecule has 30 heavy (non-hydrogen) atoms. The van der Waals surface area contributed by atoms with E-state index in [1.807, 2.05) is 36.4 Å². The van der Waals surface area contributed by atoms with Gasteiger partial charge in [0.05, 0.1) is 19.6 Å². The fourth-order valence-electron chi connectivity index (χ4n) is 3.34. The summed E-state index contributed by atoms with van der Waals surface area (Å²) in [6.07, 6.45) is 0. The van der Waals surface area contributed by atoms with Crippen molar-refractivity contribution in [2.45, 2.75) is 13.2 Å². The third kappa shape index (κ3) is 4.08. The van der Waals surface area contributed by atoms with Crippen LogP contribution in [0.2, 0.25) is 0 Å². The molecule has 0 saturated carbocycles. The van der Waals surface area contributed by atoms with Crippen molar-refractivity contribution in [2.24, 2.45) is 0 Å². The van der Waals surface area contributed by atoms with Crippen LogP contribution in [0.4, 0.5) is 5.82 Å². The van der Waals surface area contributed by atoms with Gasteiger partial charge in [0.15, 0.2) is 5.82 Å². The van der Waals surface area contributed by atoms with Crippen LogP contribution in [-0.2, 0) is 17.9 Å². The second kappa shape index (κ2) is 9.11. The van der Waals surface area contributed by atoms with Crippen LogP contribution < -0.4 is 14.8 Å². The number of hydrogen-bond donors (Lipinski definition) is 1. The minimum absolute atomic E-state index is 0.353. The number of methoxy groups -OCH3 is 3. The molecule has 0 aliphatic carbocycles. The molecule has 0 aliphatic heterocycles. The Bertz CT molecular complexity index is 1150. The molecule has 4 rings (SSSR count). The van der Waals surface area contributed by atoms with Crippen LogP contribution >= 0.6 is 11.3 Å². The van der Waals surface area contributed by atoms with Gasteiger partial charge in [0.25, 0.3) is 0 Å². The molecule has 2 heterocycles. The maximum absolute atomic E-state index is 5.51. The Morgan fingerprint density at radius 1 is 0.967 bits per heavy atom. The minimum Gasteiger partial charge on any atom is -0.497 e. The van der Waals surface area contributed by atoms with Gasteiger partial charge in [-0.15, -0.1) is 11.3 Å². The lowest BCUT2D eigenvalue weighted by Crippen LogP contribution is -2.07. The SMILES string of the molecule is COCc1nc(NCc2cc(OC)ccc2OC)c2c(-c3ccccc3)csc2n1. The molecule has 0 amide bonds. The van der Waals surface area contributed by atoms with Gasteiger partial charge in [-0.25, -0.2) is 9.97 Å². The van der Waals surface area contributed by atoms with Crippen molar-refractivity contribution in [1.29, 1.82) is 0 Å². The first kappa shape index (κ1) is 20.1. The van der Waals surface area contributed by atoms with Crippen molar-refractivity contribution in [2.75, 3.05) is 26.6 Å². The summed E-state index contributed by atoms with van der Waals surface area (Å²) in [5, 5.41) is 6.62. The average Bonchev–Trinajstić information content (AvgIpc) is 3.22. The van der Waals surface area contributed by atoms with E-state index < -0.39 is 0 Å². The number of hydrogen-bond acceptors (Lipinski definition) is 7. The molecular formula is C23H23N3O3S. The zero-order chi connectivity index (χ0) is 20.9. The quantitative estimate of drug-likeness (QED) is 0.425. The average molecular weight is 422 g/mol. The third-order valence-corrected chi connectivity index (χ3v) is 5.64. The highest BCUT2D eigenvalue weighted by Gasteiger charge is 2.16. The third-order valence-electron chi connectivity index (χ3n) is 4.77. The number of benzene rings is 2. The first-order chi connectivity index (χ1) is 14.7. The Labute approximate surface area is 179 Å². The maximum atomic E-state index is 5.51. The van der Waals surface area contributed by atoms with Gasteiger partial charge in [-0.3, -0.25) is 0 Å². The summed E-state index contributed by atoms with van der Waals surface area (Å²) >= 11 is 1.61. The first-order valence-corrected chi connectivity index (χ1v) is 10.4. The largest absolute Gasteiger partial charge is 0.497 e. The fourth-order valence-corrected chi connectivity index (χ4v) is 4.30. The van der Waals surface area contributed by atoms with Crippen molar-refractivity contribution >= 4 is 27.4 Å². The van der Waals surface area contributed by atoms with Gasteiger partial charge in [0, 0.05) is 30.2 Å². The summed E-state index contributed by atoms with van der Waals surface area (Å²) in [5.41, 5.74) is 3.22. The molecule has 4 aromatic rings. The standard InChI is InChI=1S/C23H23N3O3S/c1-27-13-20-25-22(24-12-16-11-17(28-2)9-10-19(16)29-3)21-18(14-30-23(21)26-20)15-7-5-4-6-8-15/h4-11,14H,12-13H2,1-3H3,(H,24,25,26). The molecule has 154 valence electrons. The van der Waals surface area contributed by atoms with Gasteiger partial charge in [0.1, 0.15) is 28.8 Å². The number of rotatable bonds is 8. The minimum atomic E-state index is 0.353. The molecule has 0 unspecified atom stereocenters. The molecule has 7 heteroatoms. The van der Waals surface area contributed by atoms with Gasteiger partial charge in [-0.1, -0.05) is 30.3 Å². The van der Waals surface area contributed by atoms with Crippen LogP contribution in [0.1, 0.15) is 11.4 Å². The summed E-state index contributed by atoms with van der Waals surface area (Å²) in [6, 6.07) is 16.0. The van der Waals surface area contributed by atoms with Gasteiger partial charge >= 0.3 is 0 Å². The lowest BCUT2D eigenvalue weighted by molar-refractivity contribution is 0.178. The highest BCUT2D eigenvalue weighted by atomic mass is 32.1. The maximum Gasteiger partial charge on any atom is 0.158 e. The van der Waals surface area contributed by atoms with Crippen LogP contribution in [-0.4, -0.2) is 31.3 Å². The monoisotopic (exact) mass is 421 g/mol. The van der Waals surface area contributed by atoms with Gasteiger partial charge in [-0.2, -0.15) is 0 Å². The Morgan fingerprint density at radius 2 is 1.80 bits per heavy atom. The van der Waals surface area contributed by atoms with E-state index in [1.54, 1.807) is 32.7 Å². The van der Waals surface area contributed by atoms with Gasteiger partial charge in [-0.05, 0) is 23.8 Å². The van der Waals surface area contributed by atoms with Crippen molar-refractivity contribution < 1.29 is 14.2 Å². The summed E-state index contributed by atoms with van der Waals surface area (Å²) in [6.45, 7) is 0.884. The molecule has 6 nitrogen and oxygen atoms in total. The highest BCUT2D eigenvalue weighted by Crippen LogP contribution is 2.37. The highest BCUT2D eigenvalue weighted by molar-refractivity contribution is 7.17. The fraction of sp³-hybridized carbons (Fsp3) is 0.217. The number of aromatic nitrogens is 2. The number of fused-ring (bicyclic) bond motifs is 1. The van der Waals surface area contributed by atoms with E-state index >= 15 is 0 Å². The molecule has 0 fully saturated rings. The predicted octanol–water partition coefficient (Wildman–Crippen LogP) is 5.13. The molecule has 0 bridgehead atoms. The molecule has 0 atom stereocenters. The summed E-state index contributed by atoms with van der Waals surface area (Å²) in [4.78, 5) is 10.4. The molecule has 2 aromatic carbocycles. The molecule has 2 aromatic heterocycles. The van der Waals surface area contributed by atoms with Crippen molar-refractivity contribution in [3.05, 3.63) is 65.3 Å². The molecule has 0 saturated heterocycles. The Morgan fingerprint density at radius 3 is 2.53 bits per heavy atom. The second-order valence-electron chi connectivity index (χ2n) is 6.65. The molecule has 0 aliphatic rings.